The molecule has 0 aliphatic carbocycles. The zero-order valence-electron chi connectivity index (χ0n) is 14.3. The molecule has 0 aromatic heterocycles. The molecule has 2 rings (SSSR count). The van der Waals surface area contributed by atoms with Crippen molar-refractivity contribution in [2.75, 3.05) is 19.7 Å². The monoisotopic (exact) mass is 320 g/mol. The molecular weight excluding hydrogens is 292 g/mol. The minimum absolute atomic E-state index is 0.120. The van der Waals surface area contributed by atoms with Crippen molar-refractivity contribution in [3.8, 4) is 5.75 Å². The van der Waals surface area contributed by atoms with Crippen LogP contribution in [0.1, 0.15) is 38.3 Å². The second kappa shape index (κ2) is 7.68. The highest BCUT2D eigenvalue weighted by Crippen LogP contribution is 2.25. The fourth-order valence-corrected chi connectivity index (χ4v) is 2.97. The molecule has 1 aromatic carbocycles. The van der Waals surface area contributed by atoms with Crippen molar-refractivity contribution >= 4 is 6.03 Å². The highest BCUT2D eigenvalue weighted by Gasteiger charge is 2.21. The molecule has 5 heteroatoms. The predicted molar refractivity (Wildman–Crippen MR) is 90.8 cm³/mol. The first-order chi connectivity index (χ1) is 10.9. The maximum absolute atomic E-state index is 11.8. The molecule has 128 valence electrons. The van der Waals surface area contributed by atoms with Crippen molar-refractivity contribution < 1.29 is 14.6 Å². The SMILES string of the molecule is CC(O)CC(C)(C)CNC(=O)NCCc1ccc2c(c1)CCO2. The number of amides is 2. The van der Waals surface area contributed by atoms with Crippen LogP contribution in [-0.4, -0.2) is 36.9 Å². The van der Waals surface area contributed by atoms with Gasteiger partial charge in [0, 0.05) is 19.5 Å². The summed E-state index contributed by atoms with van der Waals surface area (Å²) in [6, 6.07) is 6.06. The standard InChI is InChI=1S/C18H28N2O3/c1-13(21)11-18(2,3)12-20-17(22)19-8-6-14-4-5-16-15(10-14)7-9-23-16/h4-5,10,13,21H,6-9,11-12H2,1-3H3,(H2,19,20,22). The number of carbonyl (C=O) groups excluding carboxylic acids is 1. The van der Waals surface area contributed by atoms with Crippen LogP contribution in [-0.2, 0) is 12.8 Å². The Balaban J connectivity index is 1.69. The lowest BCUT2D eigenvalue weighted by atomic mass is 9.87. The maximum atomic E-state index is 11.8. The highest BCUT2D eigenvalue weighted by atomic mass is 16.5. The average Bonchev–Trinajstić information content (AvgIpc) is 2.91. The zero-order valence-corrected chi connectivity index (χ0v) is 14.3. The van der Waals surface area contributed by atoms with E-state index < -0.39 is 0 Å². The number of rotatable bonds is 7. The minimum atomic E-state index is -0.362. The molecule has 23 heavy (non-hydrogen) atoms. The van der Waals surface area contributed by atoms with Gasteiger partial charge in [0.15, 0.2) is 0 Å². The summed E-state index contributed by atoms with van der Waals surface area (Å²) >= 11 is 0. The van der Waals surface area contributed by atoms with Gasteiger partial charge in [0.25, 0.3) is 0 Å². The van der Waals surface area contributed by atoms with Gasteiger partial charge in [-0.15, -0.1) is 0 Å². The molecule has 0 saturated carbocycles. The van der Waals surface area contributed by atoms with Gasteiger partial charge in [-0.1, -0.05) is 26.0 Å². The van der Waals surface area contributed by atoms with E-state index in [0.29, 0.717) is 19.5 Å². The number of aliphatic hydroxyl groups excluding tert-OH is 1. The number of urea groups is 1. The maximum Gasteiger partial charge on any atom is 0.314 e. The van der Waals surface area contributed by atoms with Gasteiger partial charge in [-0.25, -0.2) is 4.79 Å². The highest BCUT2D eigenvalue weighted by molar-refractivity contribution is 5.73. The molecule has 1 atom stereocenters. The summed E-state index contributed by atoms with van der Waals surface area (Å²) < 4.78 is 5.49. The summed E-state index contributed by atoms with van der Waals surface area (Å²) in [6.07, 6.45) is 2.07. The second-order valence-electron chi connectivity index (χ2n) is 7.12. The molecule has 0 fully saturated rings. The van der Waals surface area contributed by atoms with Gasteiger partial charge in [-0.3, -0.25) is 0 Å². The van der Waals surface area contributed by atoms with Gasteiger partial charge in [0.1, 0.15) is 5.75 Å². The van der Waals surface area contributed by atoms with Crippen LogP contribution in [0.3, 0.4) is 0 Å². The van der Waals surface area contributed by atoms with Crippen LogP contribution >= 0.6 is 0 Å². The lowest BCUT2D eigenvalue weighted by molar-refractivity contribution is 0.129. The lowest BCUT2D eigenvalue weighted by Gasteiger charge is -2.26. The van der Waals surface area contributed by atoms with E-state index in [1.165, 1.54) is 11.1 Å². The Morgan fingerprint density at radius 3 is 2.91 bits per heavy atom. The Morgan fingerprint density at radius 1 is 1.39 bits per heavy atom. The predicted octanol–water partition coefficient (Wildman–Crippen LogP) is 2.26. The summed E-state index contributed by atoms with van der Waals surface area (Å²) in [5.41, 5.74) is 2.35. The molecule has 1 heterocycles. The third kappa shape index (κ3) is 5.75. The van der Waals surface area contributed by atoms with E-state index in [-0.39, 0.29) is 17.6 Å². The molecule has 0 radical (unpaired) electrons. The fraction of sp³-hybridized carbons (Fsp3) is 0.611. The molecule has 0 saturated heterocycles. The van der Waals surface area contributed by atoms with Crippen LogP contribution in [0.4, 0.5) is 4.79 Å². The number of fused-ring (bicyclic) bond motifs is 1. The third-order valence-electron chi connectivity index (χ3n) is 4.03. The first kappa shape index (κ1) is 17.6. The van der Waals surface area contributed by atoms with Gasteiger partial charge in [0.2, 0.25) is 0 Å². The molecule has 2 amide bonds. The molecule has 1 aromatic rings. The van der Waals surface area contributed by atoms with Gasteiger partial charge >= 0.3 is 6.03 Å². The average molecular weight is 320 g/mol. The van der Waals surface area contributed by atoms with Crippen molar-refractivity contribution in [2.45, 2.75) is 46.1 Å². The summed E-state index contributed by atoms with van der Waals surface area (Å²) in [5.74, 6) is 0.986. The first-order valence-electron chi connectivity index (χ1n) is 8.30. The topological polar surface area (TPSA) is 70.6 Å². The van der Waals surface area contributed by atoms with Crippen LogP contribution in [0.5, 0.6) is 5.75 Å². The molecule has 1 unspecified atom stereocenters. The molecule has 0 bridgehead atoms. The van der Waals surface area contributed by atoms with Crippen LogP contribution in [0.25, 0.3) is 0 Å². The van der Waals surface area contributed by atoms with Gasteiger partial charge in [-0.2, -0.15) is 0 Å². The van der Waals surface area contributed by atoms with E-state index in [9.17, 15) is 9.90 Å². The van der Waals surface area contributed by atoms with E-state index >= 15 is 0 Å². The van der Waals surface area contributed by atoms with Gasteiger partial charge in [0.05, 0.1) is 12.7 Å². The number of hydrogen-bond acceptors (Lipinski definition) is 3. The number of ether oxygens (including phenoxy) is 1. The largest absolute Gasteiger partial charge is 0.493 e. The quantitative estimate of drug-likeness (QED) is 0.722. The van der Waals surface area contributed by atoms with E-state index in [1.54, 1.807) is 6.92 Å². The Kier molecular flexibility index (Phi) is 5.88. The molecular formula is C18H28N2O3. The lowest BCUT2D eigenvalue weighted by Crippen LogP contribution is -2.42. The molecule has 1 aliphatic heterocycles. The van der Waals surface area contributed by atoms with E-state index in [0.717, 1.165) is 25.2 Å². The third-order valence-corrected chi connectivity index (χ3v) is 4.03. The molecule has 0 spiro atoms. The number of aliphatic hydroxyl groups is 1. The molecule has 1 aliphatic rings. The van der Waals surface area contributed by atoms with Crippen molar-refractivity contribution in [3.63, 3.8) is 0 Å². The van der Waals surface area contributed by atoms with E-state index in [1.807, 2.05) is 19.9 Å². The Morgan fingerprint density at radius 2 is 2.17 bits per heavy atom. The van der Waals surface area contributed by atoms with E-state index in [2.05, 4.69) is 22.8 Å². The molecule has 5 nitrogen and oxygen atoms in total. The Labute approximate surface area is 138 Å². The summed E-state index contributed by atoms with van der Waals surface area (Å²) in [4.78, 5) is 11.8. The van der Waals surface area contributed by atoms with Crippen LogP contribution in [0.15, 0.2) is 18.2 Å². The summed E-state index contributed by atoms with van der Waals surface area (Å²) in [6.45, 7) is 7.74. The number of hydrogen-bond donors (Lipinski definition) is 3. The summed E-state index contributed by atoms with van der Waals surface area (Å²) in [7, 11) is 0. The number of carbonyl (C=O) groups is 1. The van der Waals surface area contributed by atoms with Crippen LogP contribution < -0.4 is 15.4 Å². The normalized spacial score (nSPS) is 14.8. The van der Waals surface area contributed by atoms with Crippen molar-refractivity contribution in [3.05, 3.63) is 29.3 Å². The smallest absolute Gasteiger partial charge is 0.314 e. The number of nitrogens with one attached hydrogen (secondary N) is 2. The van der Waals surface area contributed by atoms with Crippen LogP contribution in [0, 0.1) is 5.41 Å². The Hall–Kier alpha value is -1.75. The van der Waals surface area contributed by atoms with Gasteiger partial charge < -0.3 is 20.5 Å². The second-order valence-corrected chi connectivity index (χ2v) is 7.12. The molecule has 3 N–H and O–H groups in total. The van der Waals surface area contributed by atoms with Crippen molar-refractivity contribution in [2.24, 2.45) is 5.41 Å². The Bertz CT molecular complexity index is 541. The fourth-order valence-electron chi connectivity index (χ4n) is 2.97. The van der Waals surface area contributed by atoms with Gasteiger partial charge in [-0.05, 0) is 42.4 Å². The summed E-state index contributed by atoms with van der Waals surface area (Å²) in [5, 5.41) is 15.2. The van der Waals surface area contributed by atoms with E-state index in [4.69, 9.17) is 4.74 Å². The first-order valence-corrected chi connectivity index (χ1v) is 8.30. The number of benzene rings is 1. The van der Waals surface area contributed by atoms with Crippen LogP contribution in [0.2, 0.25) is 0 Å². The minimum Gasteiger partial charge on any atom is -0.493 e. The zero-order chi connectivity index (χ0) is 16.9. The van der Waals surface area contributed by atoms with Crippen molar-refractivity contribution in [1.29, 1.82) is 0 Å². The van der Waals surface area contributed by atoms with Crippen molar-refractivity contribution in [1.82, 2.24) is 10.6 Å².